The molecular formula is C13H15BrN2O. The average Bonchev–Trinajstić information content (AvgIpc) is 2.29. The molecule has 1 N–H and O–H groups in total. The van der Waals surface area contributed by atoms with Crippen molar-refractivity contribution in [3.05, 3.63) is 28.2 Å². The highest BCUT2D eigenvalue weighted by atomic mass is 79.9. The molecule has 4 heteroatoms. The van der Waals surface area contributed by atoms with Gasteiger partial charge >= 0.3 is 0 Å². The number of nitriles is 1. The van der Waals surface area contributed by atoms with Crippen LogP contribution in [0.1, 0.15) is 25.3 Å². The van der Waals surface area contributed by atoms with E-state index in [4.69, 9.17) is 5.26 Å². The number of benzene rings is 1. The first-order valence-corrected chi connectivity index (χ1v) is 6.48. The second-order valence-corrected chi connectivity index (χ2v) is 5.61. The quantitative estimate of drug-likeness (QED) is 0.866. The summed E-state index contributed by atoms with van der Waals surface area (Å²) < 4.78 is 0.829. The minimum atomic E-state index is -0.527. The largest absolute Gasteiger partial charge is 0.390 e. The van der Waals surface area contributed by atoms with Gasteiger partial charge in [0.25, 0.3) is 0 Å². The van der Waals surface area contributed by atoms with Gasteiger partial charge in [0.05, 0.1) is 11.2 Å². The summed E-state index contributed by atoms with van der Waals surface area (Å²) in [5, 5.41) is 18.8. The number of rotatable bonds is 1. The maximum absolute atomic E-state index is 9.90. The maximum atomic E-state index is 9.90. The Balaban J connectivity index is 2.14. The van der Waals surface area contributed by atoms with Crippen molar-refractivity contribution in [3.63, 3.8) is 0 Å². The van der Waals surface area contributed by atoms with Crippen LogP contribution in [0.25, 0.3) is 0 Å². The van der Waals surface area contributed by atoms with Gasteiger partial charge in [0, 0.05) is 23.2 Å². The van der Waals surface area contributed by atoms with E-state index in [9.17, 15) is 5.11 Å². The number of nitrogens with zero attached hydrogens (tertiary/aromatic N) is 2. The van der Waals surface area contributed by atoms with Crippen molar-refractivity contribution >= 4 is 21.6 Å². The summed E-state index contributed by atoms with van der Waals surface area (Å²) in [6.07, 6.45) is 1.56. The Hall–Kier alpha value is -1.05. The molecule has 17 heavy (non-hydrogen) atoms. The van der Waals surface area contributed by atoms with Crippen molar-refractivity contribution in [3.8, 4) is 6.07 Å². The third-order valence-corrected chi connectivity index (χ3v) is 3.93. The highest BCUT2D eigenvalue weighted by molar-refractivity contribution is 9.10. The van der Waals surface area contributed by atoms with Crippen LogP contribution in [0, 0.1) is 11.3 Å². The fourth-order valence-electron chi connectivity index (χ4n) is 2.04. The first-order valence-electron chi connectivity index (χ1n) is 5.69. The van der Waals surface area contributed by atoms with Crippen molar-refractivity contribution < 1.29 is 5.11 Å². The number of anilines is 1. The summed E-state index contributed by atoms with van der Waals surface area (Å²) in [5.74, 6) is 0. The van der Waals surface area contributed by atoms with Crippen LogP contribution in [0.4, 0.5) is 5.69 Å². The van der Waals surface area contributed by atoms with Crippen LogP contribution in [0.15, 0.2) is 22.7 Å². The zero-order valence-corrected chi connectivity index (χ0v) is 11.4. The topological polar surface area (TPSA) is 47.3 Å². The third kappa shape index (κ3) is 2.80. The second-order valence-electron chi connectivity index (χ2n) is 4.76. The maximum Gasteiger partial charge on any atom is 0.100 e. The zero-order valence-electron chi connectivity index (χ0n) is 9.78. The Morgan fingerprint density at radius 3 is 2.59 bits per heavy atom. The van der Waals surface area contributed by atoms with E-state index in [1.807, 2.05) is 25.1 Å². The van der Waals surface area contributed by atoms with Crippen molar-refractivity contribution in [2.24, 2.45) is 0 Å². The molecule has 0 radical (unpaired) electrons. The molecule has 0 atom stereocenters. The molecule has 1 heterocycles. The van der Waals surface area contributed by atoms with Crippen molar-refractivity contribution in [2.75, 3.05) is 18.0 Å². The van der Waals surface area contributed by atoms with Gasteiger partial charge in [0.1, 0.15) is 6.07 Å². The van der Waals surface area contributed by atoms with E-state index < -0.39 is 5.60 Å². The summed E-state index contributed by atoms with van der Waals surface area (Å²) in [6, 6.07) is 7.89. The van der Waals surface area contributed by atoms with Crippen molar-refractivity contribution in [2.45, 2.75) is 25.4 Å². The van der Waals surface area contributed by atoms with E-state index >= 15 is 0 Å². The summed E-state index contributed by atoms with van der Waals surface area (Å²) >= 11 is 3.40. The van der Waals surface area contributed by atoms with Gasteiger partial charge in [-0.15, -0.1) is 0 Å². The molecule has 1 aliphatic heterocycles. The molecule has 0 aromatic heterocycles. The second kappa shape index (κ2) is 4.67. The highest BCUT2D eigenvalue weighted by Gasteiger charge is 2.27. The van der Waals surface area contributed by atoms with E-state index in [0.717, 1.165) is 36.1 Å². The molecule has 1 saturated heterocycles. The number of halogens is 1. The van der Waals surface area contributed by atoms with Gasteiger partial charge in [-0.1, -0.05) is 0 Å². The molecule has 0 saturated carbocycles. The van der Waals surface area contributed by atoms with Gasteiger partial charge in [0.15, 0.2) is 0 Å². The van der Waals surface area contributed by atoms with Crippen LogP contribution < -0.4 is 4.90 Å². The van der Waals surface area contributed by atoms with Crippen LogP contribution in [0.5, 0.6) is 0 Å². The molecule has 1 aromatic carbocycles. The van der Waals surface area contributed by atoms with E-state index in [1.54, 1.807) is 0 Å². The number of piperidine rings is 1. The van der Waals surface area contributed by atoms with Crippen molar-refractivity contribution in [1.29, 1.82) is 5.26 Å². The van der Waals surface area contributed by atoms with Crippen LogP contribution in [-0.2, 0) is 0 Å². The smallest absolute Gasteiger partial charge is 0.100 e. The van der Waals surface area contributed by atoms with Gasteiger partial charge in [-0.2, -0.15) is 5.26 Å². The molecule has 0 amide bonds. The number of hydrogen-bond donors (Lipinski definition) is 1. The first-order chi connectivity index (χ1) is 8.02. The lowest BCUT2D eigenvalue weighted by Crippen LogP contribution is -2.42. The summed E-state index contributed by atoms with van der Waals surface area (Å²) in [7, 11) is 0. The molecule has 0 unspecified atom stereocenters. The van der Waals surface area contributed by atoms with Gasteiger partial charge in [-0.05, 0) is 53.9 Å². The SMILES string of the molecule is CC1(O)CCN(c2ccc(C#N)c(Br)c2)CC1. The summed E-state index contributed by atoms with van der Waals surface area (Å²) in [6.45, 7) is 3.59. The molecule has 2 rings (SSSR count). The minimum Gasteiger partial charge on any atom is -0.390 e. The molecular weight excluding hydrogens is 280 g/mol. The van der Waals surface area contributed by atoms with Crippen LogP contribution in [0.3, 0.4) is 0 Å². The van der Waals surface area contributed by atoms with E-state index in [1.165, 1.54) is 0 Å². The molecule has 1 fully saturated rings. The van der Waals surface area contributed by atoms with Crippen LogP contribution in [-0.4, -0.2) is 23.8 Å². The Morgan fingerprint density at radius 2 is 2.06 bits per heavy atom. The third-order valence-electron chi connectivity index (χ3n) is 3.28. The van der Waals surface area contributed by atoms with Gasteiger partial charge < -0.3 is 10.0 Å². The fourth-order valence-corrected chi connectivity index (χ4v) is 2.49. The lowest BCUT2D eigenvalue weighted by Gasteiger charge is -2.37. The molecule has 0 aliphatic carbocycles. The van der Waals surface area contributed by atoms with E-state index in [-0.39, 0.29) is 0 Å². The predicted molar refractivity (Wildman–Crippen MR) is 70.9 cm³/mol. The zero-order chi connectivity index (χ0) is 12.5. The highest BCUT2D eigenvalue weighted by Crippen LogP contribution is 2.28. The number of hydrogen-bond acceptors (Lipinski definition) is 3. The Bertz CT molecular complexity index is 455. The van der Waals surface area contributed by atoms with Crippen LogP contribution in [0.2, 0.25) is 0 Å². The minimum absolute atomic E-state index is 0.527. The van der Waals surface area contributed by atoms with Crippen molar-refractivity contribution in [1.82, 2.24) is 0 Å². The monoisotopic (exact) mass is 294 g/mol. The van der Waals surface area contributed by atoms with Gasteiger partial charge in [-0.25, -0.2) is 0 Å². The molecule has 1 aromatic rings. The Labute approximate surface area is 110 Å². The average molecular weight is 295 g/mol. The normalized spacial score (nSPS) is 18.8. The number of aliphatic hydroxyl groups is 1. The van der Waals surface area contributed by atoms with Gasteiger partial charge in [-0.3, -0.25) is 0 Å². The molecule has 0 bridgehead atoms. The van der Waals surface area contributed by atoms with Crippen LogP contribution >= 0.6 is 15.9 Å². The Kier molecular flexibility index (Phi) is 3.41. The lowest BCUT2D eigenvalue weighted by atomic mass is 9.93. The fraction of sp³-hybridized carbons (Fsp3) is 0.462. The summed E-state index contributed by atoms with van der Waals surface area (Å²) in [5.41, 5.74) is 1.23. The van der Waals surface area contributed by atoms with Gasteiger partial charge in [0.2, 0.25) is 0 Å². The first kappa shape index (κ1) is 12.4. The molecule has 0 spiro atoms. The molecule has 90 valence electrons. The summed E-state index contributed by atoms with van der Waals surface area (Å²) in [4.78, 5) is 2.24. The molecule has 1 aliphatic rings. The van der Waals surface area contributed by atoms with E-state index in [0.29, 0.717) is 5.56 Å². The standard InChI is InChI=1S/C13H15BrN2O/c1-13(17)4-6-16(7-5-13)11-3-2-10(9-15)12(14)8-11/h2-3,8,17H,4-7H2,1H3. The predicted octanol–water partition coefficient (Wildman–Crippen LogP) is 2.67. The molecule has 3 nitrogen and oxygen atoms in total. The lowest BCUT2D eigenvalue weighted by molar-refractivity contribution is 0.0351. The van der Waals surface area contributed by atoms with E-state index in [2.05, 4.69) is 26.9 Å². The Morgan fingerprint density at radius 1 is 1.41 bits per heavy atom.